The Hall–Kier alpha value is -1.20. The molecule has 0 radical (unpaired) electrons. The quantitative estimate of drug-likeness (QED) is 0.845. The molecule has 20 heavy (non-hydrogen) atoms. The van der Waals surface area contributed by atoms with E-state index in [0.717, 1.165) is 17.7 Å². The first kappa shape index (κ1) is 15.2. The van der Waals surface area contributed by atoms with Crippen LogP contribution in [0.1, 0.15) is 24.9 Å². The van der Waals surface area contributed by atoms with Crippen molar-refractivity contribution in [2.75, 3.05) is 12.5 Å². The van der Waals surface area contributed by atoms with Gasteiger partial charge in [0.05, 0.1) is 11.8 Å². The Morgan fingerprint density at radius 1 is 1.30 bits per heavy atom. The lowest BCUT2D eigenvalue weighted by Crippen LogP contribution is -2.24. The van der Waals surface area contributed by atoms with E-state index in [1.807, 2.05) is 30.3 Å². The molecule has 3 nitrogen and oxygen atoms in total. The number of nitrogens with zero attached hydrogens (tertiary/aromatic N) is 2. The number of allylic oxidation sites excluding steroid dienone is 1. The third kappa shape index (κ3) is 3.46. The van der Waals surface area contributed by atoms with Gasteiger partial charge in [-0.05, 0) is 24.2 Å². The number of hydrogen-bond donors (Lipinski definition) is 0. The summed E-state index contributed by atoms with van der Waals surface area (Å²) >= 11 is 3.41. The monoisotopic (exact) mass is 306 g/mol. The Morgan fingerprint density at radius 2 is 1.95 bits per heavy atom. The number of rotatable bonds is 4. The Labute approximate surface area is 128 Å². The molecule has 0 fully saturated rings. The van der Waals surface area contributed by atoms with Crippen LogP contribution >= 0.6 is 23.5 Å². The van der Waals surface area contributed by atoms with Crippen molar-refractivity contribution in [2.24, 2.45) is 5.10 Å². The maximum atomic E-state index is 11.8. The zero-order valence-electron chi connectivity index (χ0n) is 11.9. The van der Waals surface area contributed by atoms with Gasteiger partial charge in [-0.1, -0.05) is 30.3 Å². The fraction of sp³-hybridized carbons (Fsp3) is 0.333. The second-order valence-corrected chi connectivity index (χ2v) is 6.41. The predicted molar refractivity (Wildman–Crippen MR) is 88.9 cm³/mol. The third-order valence-corrected chi connectivity index (χ3v) is 5.17. The lowest BCUT2D eigenvalue weighted by atomic mass is 10.0. The molecule has 2 rings (SSSR count). The van der Waals surface area contributed by atoms with E-state index >= 15 is 0 Å². The number of hydrazone groups is 1. The van der Waals surface area contributed by atoms with Crippen LogP contribution in [0.15, 0.2) is 45.7 Å². The largest absolute Gasteiger partial charge is 0.273 e. The fourth-order valence-corrected chi connectivity index (χ4v) is 3.36. The van der Waals surface area contributed by atoms with Gasteiger partial charge in [0.1, 0.15) is 0 Å². The summed E-state index contributed by atoms with van der Waals surface area (Å²) in [6.45, 7) is 1.57. The number of amides is 1. The van der Waals surface area contributed by atoms with E-state index in [1.54, 1.807) is 35.5 Å². The highest BCUT2D eigenvalue weighted by Gasteiger charge is 2.29. The van der Waals surface area contributed by atoms with Crippen LogP contribution in [0.3, 0.4) is 0 Å². The molecule has 0 saturated heterocycles. The molecule has 0 bridgehead atoms. The van der Waals surface area contributed by atoms with E-state index in [0.29, 0.717) is 0 Å². The Morgan fingerprint density at radius 3 is 2.50 bits per heavy atom. The van der Waals surface area contributed by atoms with E-state index in [1.165, 1.54) is 4.24 Å². The molecule has 1 aliphatic heterocycles. The van der Waals surface area contributed by atoms with Gasteiger partial charge in [0.15, 0.2) is 0 Å². The van der Waals surface area contributed by atoms with Crippen molar-refractivity contribution in [1.82, 2.24) is 5.01 Å². The normalized spacial score (nSPS) is 17.9. The predicted octanol–water partition coefficient (Wildman–Crippen LogP) is 3.90. The van der Waals surface area contributed by atoms with Crippen molar-refractivity contribution in [3.05, 3.63) is 46.2 Å². The van der Waals surface area contributed by atoms with Crippen LogP contribution in [0.25, 0.3) is 0 Å². The number of carbonyl (C=O) groups is 1. The summed E-state index contributed by atoms with van der Waals surface area (Å²) < 4.78 is 1.21. The Kier molecular flexibility index (Phi) is 5.31. The standard InChI is InChI=1S/C15H18N2OS2/c1-11(18)17-14(12-7-5-4-6-8-12)9-13(16-17)10-15(19-2)20-3/h4-8,10,14H,9H2,1-3H3. The number of thioether (sulfide) groups is 2. The van der Waals surface area contributed by atoms with Crippen molar-refractivity contribution < 1.29 is 4.79 Å². The first-order valence-electron chi connectivity index (χ1n) is 6.37. The molecule has 1 heterocycles. The molecule has 1 aliphatic rings. The molecule has 0 aromatic heterocycles. The van der Waals surface area contributed by atoms with Gasteiger partial charge >= 0.3 is 0 Å². The summed E-state index contributed by atoms with van der Waals surface area (Å²) in [4.78, 5) is 11.8. The molecule has 0 aliphatic carbocycles. The van der Waals surface area contributed by atoms with Crippen LogP contribution in [-0.2, 0) is 4.79 Å². The summed E-state index contributed by atoms with van der Waals surface area (Å²) in [6, 6.07) is 10.1. The highest BCUT2D eigenvalue weighted by Crippen LogP contribution is 2.33. The molecule has 0 saturated carbocycles. The average Bonchev–Trinajstić information content (AvgIpc) is 2.90. The van der Waals surface area contributed by atoms with Gasteiger partial charge in [0.2, 0.25) is 5.91 Å². The van der Waals surface area contributed by atoms with Crippen LogP contribution < -0.4 is 0 Å². The molecule has 1 atom stereocenters. The molecule has 1 unspecified atom stereocenters. The van der Waals surface area contributed by atoms with Crippen LogP contribution in [-0.4, -0.2) is 29.1 Å². The third-order valence-electron chi connectivity index (χ3n) is 3.13. The summed E-state index contributed by atoms with van der Waals surface area (Å²) in [5, 5.41) is 6.08. The summed E-state index contributed by atoms with van der Waals surface area (Å²) in [5.41, 5.74) is 2.09. The second-order valence-electron chi connectivity index (χ2n) is 4.46. The van der Waals surface area contributed by atoms with Crippen LogP contribution in [0.4, 0.5) is 0 Å². The minimum atomic E-state index is -0.0166. The molecule has 1 aromatic rings. The van der Waals surface area contributed by atoms with Crippen LogP contribution in [0.2, 0.25) is 0 Å². The van der Waals surface area contributed by atoms with Gasteiger partial charge in [0.25, 0.3) is 0 Å². The fourth-order valence-electron chi connectivity index (χ4n) is 2.18. The van der Waals surface area contributed by atoms with Crippen LogP contribution in [0.5, 0.6) is 0 Å². The molecule has 1 amide bonds. The summed E-state index contributed by atoms with van der Waals surface area (Å²) in [7, 11) is 0. The van der Waals surface area contributed by atoms with Gasteiger partial charge in [-0.25, -0.2) is 5.01 Å². The SMILES string of the molecule is CSC(=CC1=NN(C(C)=O)C(c2ccccc2)C1)SC. The van der Waals surface area contributed by atoms with Crippen molar-refractivity contribution in [2.45, 2.75) is 19.4 Å². The molecule has 1 aromatic carbocycles. The first-order valence-corrected chi connectivity index (χ1v) is 8.82. The van der Waals surface area contributed by atoms with Crippen LogP contribution in [0, 0.1) is 0 Å². The number of carbonyl (C=O) groups excluding carboxylic acids is 1. The lowest BCUT2D eigenvalue weighted by Gasteiger charge is -2.20. The zero-order chi connectivity index (χ0) is 14.5. The van der Waals surface area contributed by atoms with E-state index in [-0.39, 0.29) is 11.9 Å². The van der Waals surface area contributed by atoms with Gasteiger partial charge < -0.3 is 0 Å². The highest BCUT2D eigenvalue weighted by molar-refractivity contribution is 8.21. The van der Waals surface area contributed by atoms with E-state index < -0.39 is 0 Å². The van der Waals surface area contributed by atoms with Gasteiger partial charge in [-0.15, -0.1) is 23.5 Å². The summed E-state index contributed by atoms with van der Waals surface area (Å²) in [5.74, 6) is -0.0166. The van der Waals surface area contributed by atoms with E-state index in [4.69, 9.17) is 0 Å². The smallest absolute Gasteiger partial charge is 0.240 e. The molecule has 5 heteroatoms. The minimum Gasteiger partial charge on any atom is -0.273 e. The minimum absolute atomic E-state index is 0.0166. The van der Waals surface area contributed by atoms with Crippen molar-refractivity contribution in [3.63, 3.8) is 0 Å². The van der Waals surface area contributed by atoms with Crippen molar-refractivity contribution >= 4 is 35.1 Å². The maximum absolute atomic E-state index is 11.8. The Balaban J connectivity index is 2.26. The van der Waals surface area contributed by atoms with Gasteiger partial charge in [-0.3, -0.25) is 4.79 Å². The van der Waals surface area contributed by atoms with Gasteiger partial charge in [0, 0.05) is 17.6 Å². The van der Waals surface area contributed by atoms with Crippen molar-refractivity contribution in [1.29, 1.82) is 0 Å². The van der Waals surface area contributed by atoms with Gasteiger partial charge in [-0.2, -0.15) is 5.10 Å². The maximum Gasteiger partial charge on any atom is 0.240 e. The average molecular weight is 306 g/mol. The zero-order valence-corrected chi connectivity index (χ0v) is 13.5. The Bertz CT molecular complexity index is 534. The second kappa shape index (κ2) is 6.99. The first-order chi connectivity index (χ1) is 9.65. The highest BCUT2D eigenvalue weighted by atomic mass is 32.2. The molecular weight excluding hydrogens is 288 g/mol. The molecular formula is C15H18N2OS2. The molecule has 0 N–H and O–H groups in total. The molecule has 0 spiro atoms. The number of hydrogen-bond acceptors (Lipinski definition) is 4. The summed E-state index contributed by atoms with van der Waals surface area (Å²) in [6.07, 6.45) is 6.95. The molecule has 106 valence electrons. The van der Waals surface area contributed by atoms with Crippen molar-refractivity contribution in [3.8, 4) is 0 Å². The number of benzene rings is 1. The van der Waals surface area contributed by atoms with E-state index in [9.17, 15) is 4.79 Å². The topological polar surface area (TPSA) is 32.7 Å². The van der Waals surface area contributed by atoms with E-state index in [2.05, 4.69) is 23.7 Å². The lowest BCUT2D eigenvalue weighted by molar-refractivity contribution is -0.130.